The number of thioether (sulfide) groups is 1. The van der Waals surface area contributed by atoms with E-state index < -0.39 is 5.97 Å². The van der Waals surface area contributed by atoms with E-state index in [0.29, 0.717) is 21.3 Å². The van der Waals surface area contributed by atoms with Crippen LogP contribution in [0.1, 0.15) is 15.9 Å². The lowest BCUT2D eigenvalue weighted by Crippen LogP contribution is -2.23. The van der Waals surface area contributed by atoms with Crippen molar-refractivity contribution in [2.45, 2.75) is 0 Å². The largest absolute Gasteiger partial charge is 0.465 e. The number of ether oxygens (including phenoxy) is 1. The lowest BCUT2D eigenvalue weighted by atomic mass is 10.2. The summed E-state index contributed by atoms with van der Waals surface area (Å²) in [5.74, 6) is -0.491. The summed E-state index contributed by atoms with van der Waals surface area (Å²) in [4.78, 5) is 30.5. The van der Waals surface area contributed by atoms with Crippen LogP contribution in [0.2, 0.25) is 0 Å². The number of allylic oxidation sites excluding steroid dienone is 2. The number of likely N-dealkylation sites (N-methyl/N-ethyl adjacent to an activating group) is 1. The highest BCUT2D eigenvalue weighted by Crippen LogP contribution is 2.31. The maximum Gasteiger partial charge on any atom is 0.337 e. The van der Waals surface area contributed by atoms with Crippen molar-refractivity contribution in [1.29, 1.82) is 0 Å². The molecule has 0 unspecified atom stereocenters. The number of methoxy groups -OCH3 is 1. The third kappa shape index (κ3) is 4.54. The minimum atomic E-state index is -0.396. The number of amides is 1. The van der Waals surface area contributed by atoms with E-state index in [1.807, 2.05) is 42.5 Å². The molecule has 1 amide bonds. The van der Waals surface area contributed by atoms with Crippen LogP contribution in [0.25, 0.3) is 6.08 Å². The Balaban J connectivity index is 1.75. The third-order valence-electron chi connectivity index (χ3n) is 3.85. The standard InChI is InChI=1S/C21H18N2O3S/c1-23-19(24)18(10-6-9-15-7-4-3-5-8-15)27-21(23)22-17-13-11-16(12-14-17)20(25)26-2/h3-14H,1-2H3/b9-6+,18-10+,22-21?. The number of hydrogen-bond acceptors (Lipinski definition) is 5. The Morgan fingerprint density at radius 2 is 1.81 bits per heavy atom. The molecule has 1 aliphatic rings. The summed E-state index contributed by atoms with van der Waals surface area (Å²) < 4.78 is 4.68. The van der Waals surface area contributed by atoms with Crippen LogP contribution >= 0.6 is 11.8 Å². The molecule has 1 fully saturated rings. The summed E-state index contributed by atoms with van der Waals surface area (Å²) >= 11 is 1.32. The molecular formula is C21H18N2O3S. The maximum atomic E-state index is 12.4. The van der Waals surface area contributed by atoms with E-state index in [9.17, 15) is 9.59 Å². The molecule has 6 heteroatoms. The Kier molecular flexibility index (Phi) is 5.88. The first-order valence-electron chi connectivity index (χ1n) is 8.25. The number of rotatable bonds is 4. The minimum Gasteiger partial charge on any atom is -0.465 e. The molecule has 0 N–H and O–H groups in total. The van der Waals surface area contributed by atoms with Crippen molar-refractivity contribution >= 4 is 40.6 Å². The van der Waals surface area contributed by atoms with E-state index in [4.69, 9.17) is 0 Å². The van der Waals surface area contributed by atoms with Gasteiger partial charge in [0.15, 0.2) is 5.17 Å². The lowest BCUT2D eigenvalue weighted by molar-refractivity contribution is -0.121. The molecule has 136 valence electrons. The van der Waals surface area contributed by atoms with Gasteiger partial charge < -0.3 is 4.74 Å². The number of esters is 1. The average Bonchev–Trinajstić information content (AvgIpc) is 2.97. The molecule has 1 aliphatic heterocycles. The Morgan fingerprint density at radius 1 is 1.11 bits per heavy atom. The van der Waals surface area contributed by atoms with Crippen molar-refractivity contribution < 1.29 is 14.3 Å². The van der Waals surface area contributed by atoms with E-state index in [2.05, 4.69) is 9.73 Å². The topological polar surface area (TPSA) is 59.0 Å². The molecule has 2 aromatic rings. The quantitative estimate of drug-likeness (QED) is 0.589. The Hall–Kier alpha value is -3.12. The zero-order valence-electron chi connectivity index (χ0n) is 15.0. The molecule has 27 heavy (non-hydrogen) atoms. The van der Waals surface area contributed by atoms with Crippen molar-refractivity contribution in [3.8, 4) is 0 Å². The number of benzene rings is 2. The Bertz CT molecular complexity index is 932. The van der Waals surface area contributed by atoms with Gasteiger partial charge in [0.1, 0.15) is 0 Å². The van der Waals surface area contributed by atoms with Crippen LogP contribution in [-0.2, 0) is 9.53 Å². The van der Waals surface area contributed by atoms with Gasteiger partial charge in [0.05, 0.1) is 23.3 Å². The molecule has 2 aromatic carbocycles. The van der Waals surface area contributed by atoms with Crippen LogP contribution in [0.15, 0.2) is 76.6 Å². The summed E-state index contributed by atoms with van der Waals surface area (Å²) in [6.45, 7) is 0. The van der Waals surface area contributed by atoms with Gasteiger partial charge >= 0.3 is 5.97 Å². The predicted octanol–water partition coefficient (Wildman–Crippen LogP) is 4.26. The van der Waals surface area contributed by atoms with Crippen molar-refractivity contribution in [2.24, 2.45) is 4.99 Å². The van der Waals surface area contributed by atoms with Crippen LogP contribution < -0.4 is 0 Å². The Labute approximate surface area is 162 Å². The van der Waals surface area contributed by atoms with Crippen LogP contribution in [-0.4, -0.2) is 36.1 Å². The van der Waals surface area contributed by atoms with Gasteiger partial charge in [-0.25, -0.2) is 9.79 Å². The molecular weight excluding hydrogens is 360 g/mol. The van der Waals surface area contributed by atoms with Crippen LogP contribution in [0.5, 0.6) is 0 Å². The molecule has 1 heterocycles. The van der Waals surface area contributed by atoms with Crippen LogP contribution in [0, 0.1) is 0 Å². The first-order chi connectivity index (χ1) is 13.1. The normalized spacial score (nSPS) is 17.3. The molecule has 0 spiro atoms. The maximum absolute atomic E-state index is 12.4. The number of nitrogens with zero attached hydrogens (tertiary/aromatic N) is 2. The van der Waals surface area contributed by atoms with Crippen molar-refractivity contribution in [2.75, 3.05) is 14.2 Å². The summed E-state index contributed by atoms with van der Waals surface area (Å²) in [5, 5.41) is 0.588. The predicted molar refractivity (Wildman–Crippen MR) is 109 cm³/mol. The van der Waals surface area contributed by atoms with Crippen molar-refractivity contribution in [1.82, 2.24) is 4.90 Å². The summed E-state index contributed by atoms with van der Waals surface area (Å²) in [5.41, 5.74) is 2.18. The smallest absolute Gasteiger partial charge is 0.337 e. The van der Waals surface area contributed by atoms with Gasteiger partial charge in [0.25, 0.3) is 5.91 Å². The van der Waals surface area contributed by atoms with Gasteiger partial charge in [-0.1, -0.05) is 42.5 Å². The molecule has 0 aromatic heterocycles. The fourth-order valence-corrected chi connectivity index (χ4v) is 3.32. The van der Waals surface area contributed by atoms with E-state index in [1.165, 1.54) is 23.8 Å². The summed E-state index contributed by atoms with van der Waals surface area (Å²) in [7, 11) is 3.03. The fourth-order valence-electron chi connectivity index (χ4n) is 2.38. The highest BCUT2D eigenvalue weighted by molar-refractivity contribution is 8.18. The fraction of sp³-hybridized carbons (Fsp3) is 0.0952. The summed E-state index contributed by atoms with van der Waals surface area (Å²) in [6.07, 6.45) is 5.60. The van der Waals surface area contributed by atoms with Gasteiger partial charge in [0, 0.05) is 7.05 Å². The molecule has 0 aliphatic carbocycles. The molecule has 0 atom stereocenters. The van der Waals surface area contributed by atoms with Crippen molar-refractivity contribution in [3.05, 3.63) is 82.8 Å². The van der Waals surface area contributed by atoms with E-state index in [-0.39, 0.29) is 5.91 Å². The molecule has 0 saturated carbocycles. The second-order valence-corrected chi connectivity index (χ2v) is 6.71. The number of hydrogen-bond donors (Lipinski definition) is 0. The summed E-state index contributed by atoms with van der Waals surface area (Å²) in [6, 6.07) is 16.6. The molecule has 3 rings (SSSR count). The zero-order chi connectivity index (χ0) is 19.2. The van der Waals surface area contributed by atoms with Gasteiger partial charge in [-0.2, -0.15) is 0 Å². The Morgan fingerprint density at radius 3 is 2.48 bits per heavy atom. The first kappa shape index (κ1) is 18.7. The minimum absolute atomic E-state index is 0.0948. The number of amidine groups is 1. The molecule has 5 nitrogen and oxygen atoms in total. The van der Waals surface area contributed by atoms with Crippen LogP contribution in [0.3, 0.4) is 0 Å². The van der Waals surface area contributed by atoms with E-state index in [0.717, 1.165) is 5.56 Å². The zero-order valence-corrected chi connectivity index (χ0v) is 15.8. The SMILES string of the molecule is COC(=O)c1ccc(N=C2S/C(=C/C=C/c3ccccc3)C(=O)N2C)cc1. The monoisotopic (exact) mass is 378 g/mol. The molecule has 0 radical (unpaired) electrons. The van der Waals surface area contributed by atoms with E-state index in [1.54, 1.807) is 37.4 Å². The number of carbonyl (C=O) groups excluding carboxylic acids is 2. The highest BCUT2D eigenvalue weighted by atomic mass is 32.2. The third-order valence-corrected chi connectivity index (χ3v) is 4.93. The van der Waals surface area contributed by atoms with Gasteiger partial charge in [-0.3, -0.25) is 9.69 Å². The van der Waals surface area contributed by atoms with Gasteiger partial charge in [0.2, 0.25) is 0 Å². The lowest BCUT2D eigenvalue weighted by Gasteiger charge is -2.07. The van der Waals surface area contributed by atoms with Crippen molar-refractivity contribution in [3.63, 3.8) is 0 Å². The number of carbonyl (C=O) groups is 2. The van der Waals surface area contributed by atoms with Crippen LogP contribution in [0.4, 0.5) is 5.69 Å². The van der Waals surface area contributed by atoms with Gasteiger partial charge in [-0.15, -0.1) is 0 Å². The van der Waals surface area contributed by atoms with E-state index >= 15 is 0 Å². The first-order valence-corrected chi connectivity index (χ1v) is 9.06. The number of aliphatic imine (C=N–C) groups is 1. The second-order valence-electron chi connectivity index (χ2n) is 5.70. The molecule has 0 bridgehead atoms. The highest BCUT2D eigenvalue weighted by Gasteiger charge is 2.29. The second kappa shape index (κ2) is 8.51. The average molecular weight is 378 g/mol. The van der Waals surface area contributed by atoms with Gasteiger partial charge in [-0.05, 0) is 47.7 Å². The molecule has 1 saturated heterocycles.